The van der Waals surface area contributed by atoms with Crippen molar-refractivity contribution in [2.75, 3.05) is 4.90 Å². The minimum absolute atomic E-state index is 0.184. The first-order chi connectivity index (χ1) is 12.7. The third-order valence-corrected chi connectivity index (χ3v) is 5.88. The molecule has 2 heteroatoms. The fraction of sp³-hybridized carbons (Fsp3) is 0.480. The van der Waals surface area contributed by atoms with Crippen LogP contribution in [0.3, 0.4) is 0 Å². The summed E-state index contributed by atoms with van der Waals surface area (Å²) in [5.74, 6) is 0.557. The normalized spacial score (nSPS) is 19.0. The summed E-state index contributed by atoms with van der Waals surface area (Å²) < 4.78 is 0. The van der Waals surface area contributed by atoms with Gasteiger partial charge in [0.2, 0.25) is 0 Å². The lowest BCUT2D eigenvalue weighted by atomic mass is 9.78. The molecule has 2 nitrogen and oxygen atoms in total. The summed E-state index contributed by atoms with van der Waals surface area (Å²) in [5.41, 5.74) is 7.92. The molecule has 0 bridgehead atoms. The summed E-state index contributed by atoms with van der Waals surface area (Å²) in [6.45, 7) is 16.1. The monoisotopic (exact) mass is 362 g/mol. The molecule has 0 aromatic heterocycles. The van der Waals surface area contributed by atoms with Crippen LogP contribution in [0.4, 0.5) is 11.4 Å². The van der Waals surface area contributed by atoms with Crippen molar-refractivity contribution in [1.29, 1.82) is 0 Å². The number of fused-ring (bicyclic) bond motifs is 1. The van der Waals surface area contributed by atoms with Crippen LogP contribution in [-0.2, 0) is 6.42 Å². The molecule has 0 spiro atoms. The Balaban J connectivity index is 1.98. The van der Waals surface area contributed by atoms with Gasteiger partial charge in [0.15, 0.2) is 0 Å². The number of benzene rings is 2. The van der Waals surface area contributed by atoms with Gasteiger partial charge in [0.25, 0.3) is 0 Å². The van der Waals surface area contributed by atoms with Crippen LogP contribution in [0, 0.1) is 6.92 Å². The largest absolute Gasteiger partial charge is 0.364 e. The Bertz CT molecular complexity index is 828. The zero-order valence-corrected chi connectivity index (χ0v) is 18.0. The molecule has 0 saturated carbocycles. The highest BCUT2D eigenvalue weighted by atomic mass is 15.2. The van der Waals surface area contributed by atoms with Crippen LogP contribution in [-0.4, -0.2) is 17.8 Å². The fourth-order valence-corrected chi connectivity index (χ4v) is 4.69. The number of hydrogen-bond acceptors (Lipinski definition) is 2. The second-order valence-corrected chi connectivity index (χ2v) is 8.93. The van der Waals surface area contributed by atoms with Crippen molar-refractivity contribution in [1.82, 2.24) is 0 Å². The van der Waals surface area contributed by atoms with Crippen molar-refractivity contribution in [2.24, 2.45) is 4.99 Å². The van der Waals surface area contributed by atoms with Crippen molar-refractivity contribution >= 4 is 17.6 Å². The first kappa shape index (κ1) is 19.7. The zero-order valence-electron chi connectivity index (χ0n) is 18.0. The van der Waals surface area contributed by atoms with E-state index >= 15 is 0 Å². The van der Waals surface area contributed by atoms with Crippen molar-refractivity contribution in [2.45, 2.75) is 78.8 Å². The molecule has 1 aliphatic heterocycles. The van der Waals surface area contributed by atoms with E-state index in [9.17, 15) is 0 Å². The van der Waals surface area contributed by atoms with Gasteiger partial charge in [-0.25, -0.2) is 0 Å². The molecular weight excluding hydrogens is 328 g/mol. The van der Waals surface area contributed by atoms with E-state index in [0.717, 1.165) is 12.1 Å². The molecule has 3 rings (SSSR count). The van der Waals surface area contributed by atoms with Crippen LogP contribution in [0.15, 0.2) is 41.4 Å². The number of aliphatic imine (C=N–C) groups is 1. The lowest BCUT2D eigenvalue weighted by Crippen LogP contribution is -2.51. The van der Waals surface area contributed by atoms with Crippen LogP contribution in [0.1, 0.15) is 76.1 Å². The quantitative estimate of drug-likeness (QED) is 0.546. The predicted molar refractivity (Wildman–Crippen MR) is 119 cm³/mol. The molecule has 2 aromatic rings. The molecule has 1 atom stereocenters. The van der Waals surface area contributed by atoms with Gasteiger partial charge < -0.3 is 4.90 Å². The molecule has 0 radical (unpaired) electrons. The van der Waals surface area contributed by atoms with E-state index in [4.69, 9.17) is 4.99 Å². The Morgan fingerprint density at radius 2 is 1.85 bits per heavy atom. The van der Waals surface area contributed by atoms with Crippen LogP contribution in [0.5, 0.6) is 0 Å². The number of nitrogens with zero attached hydrogens (tertiary/aromatic N) is 2. The van der Waals surface area contributed by atoms with E-state index in [-0.39, 0.29) is 5.54 Å². The number of hydrogen-bond donors (Lipinski definition) is 0. The van der Waals surface area contributed by atoms with E-state index in [1.807, 2.05) is 6.21 Å². The minimum Gasteiger partial charge on any atom is -0.364 e. The first-order valence-electron chi connectivity index (χ1n) is 10.3. The van der Waals surface area contributed by atoms with Gasteiger partial charge in [-0.05, 0) is 99.9 Å². The van der Waals surface area contributed by atoms with Gasteiger partial charge in [0.05, 0.1) is 5.69 Å². The van der Waals surface area contributed by atoms with Gasteiger partial charge in [-0.15, -0.1) is 0 Å². The third kappa shape index (κ3) is 3.95. The van der Waals surface area contributed by atoms with Crippen LogP contribution in [0.25, 0.3) is 0 Å². The molecule has 144 valence electrons. The second kappa shape index (κ2) is 7.50. The standard InChI is InChI=1S/C25H34N2/c1-8-20-9-11-22(12-10-20)26-16-21-14-23-19(5)15-25(6,7)27(17(2)3)24(23)13-18(21)4/h9-14,16-17,19H,8,15H2,1-7H3. The van der Waals surface area contributed by atoms with E-state index in [1.165, 1.54) is 34.4 Å². The van der Waals surface area contributed by atoms with Gasteiger partial charge in [-0.1, -0.05) is 26.0 Å². The highest BCUT2D eigenvalue weighted by Crippen LogP contribution is 2.45. The molecule has 0 N–H and O–H groups in total. The molecule has 0 aliphatic carbocycles. The average Bonchev–Trinajstić information content (AvgIpc) is 2.59. The zero-order chi connectivity index (χ0) is 19.8. The lowest BCUT2D eigenvalue weighted by molar-refractivity contribution is 0.356. The summed E-state index contributed by atoms with van der Waals surface area (Å²) in [6, 6.07) is 13.8. The highest BCUT2D eigenvalue weighted by Gasteiger charge is 2.37. The fourth-order valence-electron chi connectivity index (χ4n) is 4.69. The summed E-state index contributed by atoms with van der Waals surface area (Å²) >= 11 is 0. The van der Waals surface area contributed by atoms with Gasteiger partial charge in [0, 0.05) is 23.5 Å². The average molecular weight is 363 g/mol. The van der Waals surface area contributed by atoms with Crippen LogP contribution in [0.2, 0.25) is 0 Å². The van der Waals surface area contributed by atoms with Crippen molar-refractivity contribution in [3.8, 4) is 0 Å². The maximum Gasteiger partial charge on any atom is 0.0630 e. The summed E-state index contributed by atoms with van der Waals surface area (Å²) in [4.78, 5) is 7.33. The smallest absolute Gasteiger partial charge is 0.0630 e. The van der Waals surface area contributed by atoms with Crippen molar-refractivity contribution < 1.29 is 0 Å². The Kier molecular flexibility index (Phi) is 5.46. The molecule has 27 heavy (non-hydrogen) atoms. The van der Waals surface area contributed by atoms with E-state index in [0.29, 0.717) is 12.0 Å². The maximum absolute atomic E-state index is 4.73. The Morgan fingerprint density at radius 1 is 1.19 bits per heavy atom. The number of anilines is 1. The first-order valence-corrected chi connectivity index (χ1v) is 10.3. The third-order valence-electron chi connectivity index (χ3n) is 5.88. The topological polar surface area (TPSA) is 15.6 Å². The second-order valence-electron chi connectivity index (χ2n) is 8.93. The van der Waals surface area contributed by atoms with Crippen LogP contribution < -0.4 is 4.90 Å². The summed E-state index contributed by atoms with van der Waals surface area (Å²) in [6.07, 6.45) is 4.27. The molecule has 1 aliphatic rings. The summed E-state index contributed by atoms with van der Waals surface area (Å²) in [5, 5.41) is 0. The Morgan fingerprint density at radius 3 is 2.44 bits per heavy atom. The van der Waals surface area contributed by atoms with Crippen LogP contribution >= 0.6 is 0 Å². The van der Waals surface area contributed by atoms with Gasteiger partial charge in [-0.3, -0.25) is 4.99 Å². The van der Waals surface area contributed by atoms with E-state index in [1.54, 1.807) is 0 Å². The van der Waals surface area contributed by atoms with E-state index < -0.39 is 0 Å². The molecule has 0 fully saturated rings. The molecule has 1 heterocycles. The Hall–Kier alpha value is -2.09. The molecule has 2 aromatic carbocycles. The molecule has 1 unspecified atom stereocenters. The highest BCUT2D eigenvalue weighted by molar-refractivity contribution is 5.86. The molecule has 0 saturated heterocycles. The van der Waals surface area contributed by atoms with Gasteiger partial charge in [0.1, 0.15) is 0 Å². The summed E-state index contributed by atoms with van der Waals surface area (Å²) in [7, 11) is 0. The maximum atomic E-state index is 4.73. The van der Waals surface area contributed by atoms with Gasteiger partial charge in [-0.2, -0.15) is 0 Å². The minimum atomic E-state index is 0.184. The van der Waals surface area contributed by atoms with Gasteiger partial charge >= 0.3 is 0 Å². The predicted octanol–water partition coefficient (Wildman–Crippen LogP) is 6.81. The van der Waals surface area contributed by atoms with E-state index in [2.05, 4.69) is 89.8 Å². The Labute approximate surface area is 165 Å². The lowest BCUT2D eigenvalue weighted by Gasteiger charge is -2.50. The SMILES string of the molecule is CCc1ccc(N=Cc2cc3c(cc2C)N(C(C)C)C(C)(C)CC3C)cc1. The molecular formula is C25H34N2. The number of rotatable bonds is 4. The number of aryl methyl sites for hydroxylation is 2. The van der Waals surface area contributed by atoms with Crippen molar-refractivity contribution in [3.05, 3.63) is 58.7 Å². The molecule has 0 amide bonds. The van der Waals surface area contributed by atoms with Crippen molar-refractivity contribution in [3.63, 3.8) is 0 Å².